The third kappa shape index (κ3) is 4.95. The Bertz CT molecular complexity index is 949. The van der Waals surface area contributed by atoms with Gasteiger partial charge in [0.25, 0.3) is 0 Å². The van der Waals surface area contributed by atoms with Crippen LogP contribution < -0.4 is 15.5 Å². The summed E-state index contributed by atoms with van der Waals surface area (Å²) < 4.78 is 7.09. The van der Waals surface area contributed by atoms with Crippen molar-refractivity contribution in [3.05, 3.63) is 66.4 Å². The van der Waals surface area contributed by atoms with Crippen LogP contribution in [0, 0.1) is 0 Å². The first-order valence-electron chi connectivity index (χ1n) is 8.96. The first-order valence-corrected chi connectivity index (χ1v) is 9.36. The monoisotopic (exact) mass is 393 g/mol. The average Bonchev–Trinajstić information content (AvgIpc) is 3.12. The minimum Gasteiger partial charge on any atom is -0.497 e. The minimum absolute atomic E-state index is 0.242. The molecule has 0 aliphatic heterocycles. The van der Waals surface area contributed by atoms with E-state index in [1.165, 1.54) is 0 Å². The van der Waals surface area contributed by atoms with Crippen LogP contribution in [0.2, 0.25) is 0 Å². The second kappa shape index (κ2) is 9.14. The molecule has 0 saturated heterocycles. The van der Waals surface area contributed by atoms with E-state index >= 15 is 0 Å². The number of benzene rings is 2. The summed E-state index contributed by atoms with van der Waals surface area (Å²) in [5.41, 5.74) is 6.48. The molecule has 3 rings (SSSR count). The van der Waals surface area contributed by atoms with Gasteiger partial charge in [-0.15, -0.1) is 0 Å². The number of hydrazone groups is 1. The molecular weight excluding hydrogens is 370 g/mol. The van der Waals surface area contributed by atoms with Crippen LogP contribution in [0.25, 0.3) is 16.9 Å². The Balaban J connectivity index is 1.92. The van der Waals surface area contributed by atoms with Crippen LogP contribution >= 0.6 is 12.2 Å². The van der Waals surface area contributed by atoms with E-state index in [9.17, 15) is 0 Å². The van der Waals surface area contributed by atoms with E-state index in [-0.39, 0.29) is 6.04 Å². The van der Waals surface area contributed by atoms with Gasteiger partial charge in [0.1, 0.15) is 11.4 Å². The Morgan fingerprint density at radius 3 is 2.50 bits per heavy atom. The van der Waals surface area contributed by atoms with Crippen LogP contribution in [-0.2, 0) is 0 Å². The van der Waals surface area contributed by atoms with E-state index in [4.69, 9.17) is 22.1 Å². The number of methoxy groups -OCH3 is 1. The molecule has 0 amide bonds. The van der Waals surface area contributed by atoms with Gasteiger partial charge in [0.2, 0.25) is 0 Å². The highest BCUT2D eigenvalue weighted by Crippen LogP contribution is 2.24. The van der Waals surface area contributed by atoms with Crippen LogP contribution in [-0.4, -0.2) is 34.3 Å². The van der Waals surface area contributed by atoms with Crippen molar-refractivity contribution in [1.82, 2.24) is 20.5 Å². The summed E-state index contributed by atoms with van der Waals surface area (Å²) in [5, 5.41) is 12.6. The van der Waals surface area contributed by atoms with Crippen molar-refractivity contribution in [1.29, 1.82) is 0 Å². The Hall–Kier alpha value is -3.19. The van der Waals surface area contributed by atoms with Crippen LogP contribution in [0.3, 0.4) is 0 Å². The van der Waals surface area contributed by atoms with Crippen molar-refractivity contribution >= 4 is 23.5 Å². The largest absolute Gasteiger partial charge is 0.497 e. The van der Waals surface area contributed by atoms with Gasteiger partial charge in [-0.3, -0.25) is 5.43 Å². The van der Waals surface area contributed by atoms with Crippen molar-refractivity contribution in [3.8, 4) is 22.7 Å². The second-order valence-electron chi connectivity index (χ2n) is 6.44. The van der Waals surface area contributed by atoms with E-state index in [2.05, 4.69) is 15.8 Å². The first kappa shape index (κ1) is 19.6. The predicted octanol–water partition coefficient (Wildman–Crippen LogP) is 3.75. The van der Waals surface area contributed by atoms with Crippen LogP contribution in [0.15, 0.2) is 65.9 Å². The lowest BCUT2D eigenvalue weighted by Gasteiger charge is -2.09. The highest BCUT2D eigenvalue weighted by atomic mass is 32.1. The quantitative estimate of drug-likeness (QED) is 0.379. The summed E-state index contributed by atoms with van der Waals surface area (Å²) in [5.74, 6) is 0.799. The number of aromatic nitrogens is 2. The molecule has 6 nitrogen and oxygen atoms in total. The third-order valence-corrected chi connectivity index (χ3v) is 4.13. The molecule has 0 aliphatic rings. The summed E-state index contributed by atoms with van der Waals surface area (Å²) >= 11 is 5.21. The summed E-state index contributed by atoms with van der Waals surface area (Å²) in [7, 11) is 1.65. The second-order valence-corrected chi connectivity index (χ2v) is 6.85. The maximum absolute atomic E-state index is 5.25. The van der Waals surface area contributed by atoms with Crippen molar-refractivity contribution in [2.24, 2.45) is 5.10 Å². The molecule has 0 fully saturated rings. The molecule has 144 valence electrons. The fourth-order valence-corrected chi connectivity index (χ4v) is 2.91. The van der Waals surface area contributed by atoms with Gasteiger partial charge in [0.05, 0.1) is 19.0 Å². The smallest absolute Gasteiger partial charge is 0.187 e. The van der Waals surface area contributed by atoms with E-state index in [1.807, 2.05) is 79.3 Å². The molecule has 28 heavy (non-hydrogen) atoms. The molecule has 3 aromatic rings. The number of hydrogen-bond donors (Lipinski definition) is 2. The fraction of sp³-hybridized carbons (Fsp3) is 0.190. The molecule has 0 saturated carbocycles. The molecule has 0 spiro atoms. The highest BCUT2D eigenvalue weighted by Gasteiger charge is 2.11. The van der Waals surface area contributed by atoms with E-state index < -0.39 is 0 Å². The number of hydrogen-bond acceptors (Lipinski definition) is 4. The van der Waals surface area contributed by atoms with Gasteiger partial charge in [-0.05, 0) is 62.5 Å². The molecule has 1 heterocycles. The number of rotatable bonds is 6. The van der Waals surface area contributed by atoms with Gasteiger partial charge in [0, 0.05) is 23.4 Å². The highest BCUT2D eigenvalue weighted by molar-refractivity contribution is 7.80. The molecule has 0 radical (unpaired) electrons. The average molecular weight is 394 g/mol. The number of thiocarbonyl (C=S) groups is 1. The summed E-state index contributed by atoms with van der Waals surface area (Å²) in [6.45, 7) is 4.03. The number of ether oxygens (including phenoxy) is 1. The molecule has 1 aromatic heterocycles. The lowest BCUT2D eigenvalue weighted by Crippen LogP contribution is -2.36. The zero-order valence-electron chi connectivity index (χ0n) is 16.1. The van der Waals surface area contributed by atoms with Gasteiger partial charge in [0.15, 0.2) is 5.11 Å². The molecule has 0 unspecified atom stereocenters. The molecule has 2 N–H and O–H groups in total. The van der Waals surface area contributed by atoms with Crippen molar-refractivity contribution in [2.45, 2.75) is 19.9 Å². The van der Waals surface area contributed by atoms with E-state index in [1.54, 1.807) is 13.3 Å². The summed E-state index contributed by atoms with van der Waals surface area (Å²) in [6.07, 6.45) is 3.67. The Morgan fingerprint density at radius 2 is 1.86 bits per heavy atom. The zero-order valence-corrected chi connectivity index (χ0v) is 16.9. The summed E-state index contributed by atoms with van der Waals surface area (Å²) in [6, 6.07) is 18.0. The molecule has 7 heteroatoms. The van der Waals surface area contributed by atoms with Crippen molar-refractivity contribution in [3.63, 3.8) is 0 Å². The standard InChI is InChI=1S/C21H23N5OS/c1-15(2)23-21(28)24-22-13-17-14-26(18-7-5-4-6-8-18)25-20(17)16-9-11-19(27-3)12-10-16/h4-15H,1-3H3,(H2,23,24,28)/b22-13-. The van der Waals surface area contributed by atoms with Crippen LogP contribution in [0.1, 0.15) is 19.4 Å². The normalized spacial score (nSPS) is 11.0. The van der Waals surface area contributed by atoms with E-state index in [0.29, 0.717) is 5.11 Å². The number of para-hydroxylation sites is 1. The SMILES string of the molecule is COc1ccc(-c2nn(-c3ccccc3)cc2/C=N\NC(=S)NC(C)C)cc1. The summed E-state index contributed by atoms with van der Waals surface area (Å²) in [4.78, 5) is 0. The first-order chi connectivity index (χ1) is 13.6. The fourth-order valence-electron chi connectivity index (χ4n) is 2.62. The van der Waals surface area contributed by atoms with Gasteiger partial charge < -0.3 is 10.1 Å². The lowest BCUT2D eigenvalue weighted by atomic mass is 10.1. The molecule has 0 aliphatic carbocycles. The topological polar surface area (TPSA) is 63.5 Å². The minimum atomic E-state index is 0.242. The van der Waals surface area contributed by atoms with Gasteiger partial charge in [-0.2, -0.15) is 10.2 Å². The Kier molecular flexibility index (Phi) is 6.39. The maximum Gasteiger partial charge on any atom is 0.187 e. The van der Waals surface area contributed by atoms with Gasteiger partial charge in [-0.25, -0.2) is 4.68 Å². The predicted molar refractivity (Wildman–Crippen MR) is 117 cm³/mol. The zero-order chi connectivity index (χ0) is 19.9. The van der Waals surface area contributed by atoms with Crippen molar-refractivity contribution in [2.75, 3.05) is 7.11 Å². The molecule has 0 bridgehead atoms. The van der Waals surface area contributed by atoms with Crippen LogP contribution in [0.4, 0.5) is 0 Å². The van der Waals surface area contributed by atoms with Crippen LogP contribution in [0.5, 0.6) is 5.75 Å². The van der Waals surface area contributed by atoms with Gasteiger partial charge in [-0.1, -0.05) is 18.2 Å². The Labute approximate surface area is 170 Å². The molecule has 0 atom stereocenters. The van der Waals surface area contributed by atoms with Gasteiger partial charge >= 0.3 is 0 Å². The molecular formula is C21H23N5OS. The lowest BCUT2D eigenvalue weighted by molar-refractivity contribution is 0.415. The maximum atomic E-state index is 5.25. The number of nitrogens with zero attached hydrogens (tertiary/aromatic N) is 3. The van der Waals surface area contributed by atoms with E-state index in [0.717, 1.165) is 28.3 Å². The third-order valence-electron chi connectivity index (χ3n) is 3.92. The number of nitrogens with one attached hydrogen (secondary N) is 2. The Morgan fingerprint density at radius 1 is 1.14 bits per heavy atom. The van der Waals surface area contributed by atoms with Crippen molar-refractivity contribution < 1.29 is 4.74 Å². The molecule has 2 aromatic carbocycles.